The van der Waals surface area contributed by atoms with Crippen molar-refractivity contribution in [2.45, 2.75) is 13.0 Å². The van der Waals surface area contributed by atoms with Gasteiger partial charge in [-0.05, 0) is 42.8 Å². The van der Waals surface area contributed by atoms with Gasteiger partial charge in [-0.1, -0.05) is 28.1 Å². The lowest BCUT2D eigenvalue weighted by Crippen LogP contribution is -2.08. The average molecular weight is 349 g/mol. The third-order valence-electron chi connectivity index (χ3n) is 2.99. The molecule has 0 aliphatic carbocycles. The molecule has 1 unspecified atom stereocenters. The number of hydrogen-bond acceptors (Lipinski definition) is 3. The number of hydrogen-bond donors (Lipinski definition) is 1. The van der Waals surface area contributed by atoms with Crippen LogP contribution in [-0.2, 0) is 0 Å². The summed E-state index contributed by atoms with van der Waals surface area (Å²) in [7, 11) is 0. The molecule has 0 heterocycles. The van der Waals surface area contributed by atoms with Gasteiger partial charge in [0.2, 0.25) is 0 Å². The normalized spacial score (nSPS) is 11.5. The van der Waals surface area contributed by atoms with Gasteiger partial charge in [0, 0.05) is 10.5 Å². The van der Waals surface area contributed by atoms with Crippen molar-refractivity contribution in [2.24, 2.45) is 0 Å². The zero-order valence-electron chi connectivity index (χ0n) is 11.4. The lowest BCUT2D eigenvalue weighted by molar-refractivity contribution is 0.368. The van der Waals surface area contributed by atoms with E-state index in [4.69, 9.17) is 10.00 Å². The molecule has 0 saturated heterocycles. The molecular weight excluding hydrogens is 335 g/mol. The van der Waals surface area contributed by atoms with Crippen molar-refractivity contribution in [1.82, 2.24) is 0 Å². The van der Waals surface area contributed by atoms with Gasteiger partial charge in [0.05, 0.1) is 5.69 Å². The molecule has 0 amide bonds. The summed E-state index contributed by atoms with van der Waals surface area (Å²) in [6.07, 6.45) is 0. The van der Waals surface area contributed by atoms with Gasteiger partial charge >= 0.3 is 0 Å². The smallest absolute Gasteiger partial charge is 0.174 e. The zero-order valence-corrected chi connectivity index (χ0v) is 13.0. The van der Waals surface area contributed by atoms with Crippen LogP contribution in [-0.4, -0.2) is 6.61 Å². The lowest BCUT2D eigenvalue weighted by Gasteiger charge is -2.16. The van der Waals surface area contributed by atoms with Crippen molar-refractivity contribution in [2.75, 3.05) is 11.9 Å². The summed E-state index contributed by atoms with van der Waals surface area (Å²) >= 11 is 3.23. The van der Waals surface area contributed by atoms with Crippen molar-refractivity contribution in [3.8, 4) is 11.8 Å². The standard InChI is InChI=1S/C16H14BrFN2O/c1-11(20-16-7-4-13(17)10-15(16)18)12-2-5-14(6-3-12)21-9-8-19/h2-7,10-11,20H,9H2,1H3. The fourth-order valence-corrected chi connectivity index (χ4v) is 2.22. The van der Waals surface area contributed by atoms with Gasteiger partial charge in [-0.25, -0.2) is 4.39 Å². The third kappa shape index (κ3) is 4.20. The van der Waals surface area contributed by atoms with E-state index < -0.39 is 0 Å². The Kier molecular flexibility index (Phi) is 5.18. The number of nitrogens with zero attached hydrogens (tertiary/aromatic N) is 1. The first kappa shape index (κ1) is 15.3. The third-order valence-corrected chi connectivity index (χ3v) is 3.48. The van der Waals surface area contributed by atoms with Gasteiger partial charge in [-0.2, -0.15) is 5.26 Å². The Labute approximate surface area is 131 Å². The first-order valence-electron chi connectivity index (χ1n) is 6.41. The van der Waals surface area contributed by atoms with Crippen LogP contribution < -0.4 is 10.1 Å². The largest absolute Gasteiger partial charge is 0.479 e. The van der Waals surface area contributed by atoms with E-state index >= 15 is 0 Å². The first-order chi connectivity index (χ1) is 10.1. The molecule has 0 bridgehead atoms. The highest BCUT2D eigenvalue weighted by atomic mass is 79.9. The highest BCUT2D eigenvalue weighted by Gasteiger charge is 2.09. The number of nitriles is 1. The van der Waals surface area contributed by atoms with Crippen molar-refractivity contribution in [3.05, 3.63) is 58.3 Å². The predicted molar refractivity (Wildman–Crippen MR) is 83.7 cm³/mol. The summed E-state index contributed by atoms with van der Waals surface area (Å²) in [6.45, 7) is 1.98. The Hall–Kier alpha value is -2.06. The molecule has 0 radical (unpaired) electrons. The summed E-state index contributed by atoms with van der Waals surface area (Å²) < 4.78 is 19.7. The lowest BCUT2D eigenvalue weighted by atomic mass is 10.1. The fourth-order valence-electron chi connectivity index (χ4n) is 1.89. The maximum Gasteiger partial charge on any atom is 0.174 e. The molecule has 2 aromatic carbocycles. The molecule has 5 heteroatoms. The van der Waals surface area contributed by atoms with Crippen LogP contribution in [0, 0.1) is 17.1 Å². The molecule has 0 saturated carbocycles. The second-order valence-electron chi connectivity index (χ2n) is 4.51. The van der Waals surface area contributed by atoms with Gasteiger partial charge in [0.15, 0.2) is 6.61 Å². The Bertz CT molecular complexity index is 652. The summed E-state index contributed by atoms with van der Waals surface area (Å²) in [6, 6.07) is 14.1. The van der Waals surface area contributed by atoms with Crippen LogP contribution in [0.15, 0.2) is 46.9 Å². The molecule has 21 heavy (non-hydrogen) atoms. The van der Waals surface area contributed by atoms with Gasteiger partial charge in [-0.15, -0.1) is 0 Å². The average Bonchev–Trinajstić information content (AvgIpc) is 2.48. The van der Waals surface area contributed by atoms with Gasteiger partial charge < -0.3 is 10.1 Å². The quantitative estimate of drug-likeness (QED) is 0.854. The van der Waals surface area contributed by atoms with E-state index in [1.807, 2.05) is 25.1 Å². The second-order valence-corrected chi connectivity index (χ2v) is 5.42. The molecule has 108 valence electrons. The van der Waals surface area contributed by atoms with Crippen LogP contribution in [0.2, 0.25) is 0 Å². The molecule has 0 aromatic heterocycles. The Morgan fingerprint density at radius 1 is 1.29 bits per heavy atom. The van der Waals surface area contributed by atoms with Crippen molar-refractivity contribution in [1.29, 1.82) is 5.26 Å². The molecule has 1 atom stereocenters. The summed E-state index contributed by atoms with van der Waals surface area (Å²) in [4.78, 5) is 0. The molecule has 3 nitrogen and oxygen atoms in total. The molecule has 2 rings (SSSR count). The van der Waals surface area contributed by atoms with Gasteiger partial charge in [-0.3, -0.25) is 0 Å². The van der Waals surface area contributed by atoms with Crippen LogP contribution >= 0.6 is 15.9 Å². The molecule has 0 fully saturated rings. The van der Waals surface area contributed by atoms with Crippen molar-refractivity contribution < 1.29 is 9.13 Å². The molecule has 0 aliphatic rings. The SMILES string of the molecule is CC(Nc1ccc(Br)cc1F)c1ccc(OCC#N)cc1. The summed E-state index contributed by atoms with van der Waals surface area (Å²) in [5, 5.41) is 11.6. The molecule has 1 N–H and O–H groups in total. The highest BCUT2D eigenvalue weighted by molar-refractivity contribution is 9.10. The maximum absolute atomic E-state index is 13.8. The highest BCUT2D eigenvalue weighted by Crippen LogP contribution is 2.25. The fraction of sp³-hybridized carbons (Fsp3) is 0.188. The minimum atomic E-state index is -0.301. The molecular formula is C16H14BrFN2O. The topological polar surface area (TPSA) is 45.0 Å². The van der Waals surface area contributed by atoms with E-state index in [1.165, 1.54) is 6.07 Å². The molecule has 0 spiro atoms. The van der Waals surface area contributed by atoms with E-state index in [9.17, 15) is 4.39 Å². The number of ether oxygens (including phenoxy) is 1. The second kappa shape index (κ2) is 7.09. The number of nitrogens with one attached hydrogen (secondary N) is 1. The van der Waals surface area contributed by atoms with Gasteiger partial charge in [0.25, 0.3) is 0 Å². The number of anilines is 1. The van der Waals surface area contributed by atoms with Crippen molar-refractivity contribution >= 4 is 21.6 Å². The molecule has 0 aliphatic heterocycles. The van der Waals surface area contributed by atoms with Crippen LogP contribution in [0.25, 0.3) is 0 Å². The van der Waals surface area contributed by atoms with E-state index in [0.29, 0.717) is 15.9 Å². The van der Waals surface area contributed by atoms with E-state index in [-0.39, 0.29) is 18.5 Å². The minimum absolute atomic E-state index is 0.0251. The van der Waals surface area contributed by atoms with Crippen molar-refractivity contribution in [3.63, 3.8) is 0 Å². The predicted octanol–water partition coefficient (Wildman–Crippen LogP) is 4.66. The van der Waals surface area contributed by atoms with E-state index in [0.717, 1.165) is 5.56 Å². The van der Waals surface area contributed by atoms with E-state index in [2.05, 4.69) is 21.2 Å². The number of benzene rings is 2. The van der Waals surface area contributed by atoms with Gasteiger partial charge in [0.1, 0.15) is 17.6 Å². The van der Waals surface area contributed by atoms with Crippen LogP contribution in [0.3, 0.4) is 0 Å². The maximum atomic E-state index is 13.8. The summed E-state index contributed by atoms with van der Waals surface area (Å²) in [5.41, 5.74) is 1.46. The monoisotopic (exact) mass is 348 g/mol. The minimum Gasteiger partial charge on any atom is -0.479 e. The number of rotatable bonds is 5. The summed E-state index contributed by atoms with van der Waals surface area (Å²) in [5.74, 6) is 0.340. The Balaban J connectivity index is 2.06. The zero-order chi connectivity index (χ0) is 15.2. The van der Waals surface area contributed by atoms with Crippen LogP contribution in [0.4, 0.5) is 10.1 Å². The molecule has 2 aromatic rings. The first-order valence-corrected chi connectivity index (χ1v) is 7.21. The number of halogens is 2. The van der Waals surface area contributed by atoms with Crippen LogP contribution in [0.5, 0.6) is 5.75 Å². The van der Waals surface area contributed by atoms with Crippen LogP contribution in [0.1, 0.15) is 18.5 Å². The Morgan fingerprint density at radius 2 is 2.00 bits per heavy atom. The van der Waals surface area contributed by atoms with E-state index in [1.54, 1.807) is 24.3 Å². The Morgan fingerprint density at radius 3 is 2.62 bits per heavy atom.